The van der Waals surface area contributed by atoms with Crippen LogP contribution in [0.2, 0.25) is 0 Å². The molecule has 1 aromatic heterocycles. The molecule has 5 nitrogen and oxygen atoms in total. The van der Waals surface area contributed by atoms with E-state index in [0.29, 0.717) is 0 Å². The van der Waals surface area contributed by atoms with E-state index in [1.54, 1.807) is 0 Å². The maximum atomic E-state index is 11.7. The summed E-state index contributed by atoms with van der Waals surface area (Å²) in [5, 5.41) is 4.72. The van der Waals surface area contributed by atoms with Gasteiger partial charge in [-0.25, -0.2) is 13.6 Å². The third-order valence-electron chi connectivity index (χ3n) is 1.89. The van der Waals surface area contributed by atoms with E-state index in [9.17, 15) is 13.2 Å². The number of aromatic nitrogens is 1. The van der Waals surface area contributed by atoms with Crippen molar-refractivity contribution >= 4 is 66.5 Å². The van der Waals surface area contributed by atoms with E-state index in [0.717, 1.165) is 4.57 Å². The van der Waals surface area contributed by atoms with Crippen LogP contribution in [-0.2, 0) is 17.1 Å². The van der Waals surface area contributed by atoms with Gasteiger partial charge in [-0.3, -0.25) is 4.79 Å². The number of sulfonamides is 1. The minimum Gasteiger partial charge on any atom is -0.330 e. The third-order valence-corrected chi connectivity index (χ3v) is 4.31. The second-order valence-electron chi connectivity index (χ2n) is 3.11. The van der Waals surface area contributed by atoms with Gasteiger partial charge in [0.1, 0.15) is 0 Å². The average Bonchev–Trinajstić information content (AvgIpc) is 2.37. The van der Waals surface area contributed by atoms with Gasteiger partial charge in [-0.2, -0.15) is 0 Å². The fourth-order valence-electron chi connectivity index (χ4n) is 1.24. The van der Waals surface area contributed by atoms with E-state index in [1.165, 1.54) is 13.1 Å². The van der Waals surface area contributed by atoms with Crippen molar-refractivity contribution in [2.24, 2.45) is 12.2 Å². The van der Waals surface area contributed by atoms with Crippen molar-refractivity contribution in [3.63, 3.8) is 0 Å². The molecule has 0 fully saturated rings. The quantitative estimate of drug-likeness (QED) is 0.625. The number of primary sulfonamides is 1. The second kappa shape index (κ2) is 4.71. The molecule has 0 saturated heterocycles. The summed E-state index contributed by atoms with van der Waals surface area (Å²) < 4.78 is 21.6. The van der Waals surface area contributed by atoms with Crippen molar-refractivity contribution < 1.29 is 13.2 Å². The van der Waals surface area contributed by atoms with Crippen LogP contribution in [0.5, 0.6) is 0 Å². The monoisotopic (exact) mass is 382 g/mol. The summed E-state index contributed by atoms with van der Waals surface area (Å²) in [5.41, 5.74) is -0.0825. The molecule has 0 radical (unpaired) electrons. The van der Waals surface area contributed by atoms with E-state index >= 15 is 0 Å². The van der Waals surface area contributed by atoms with Crippen molar-refractivity contribution in [1.82, 2.24) is 4.57 Å². The van der Waals surface area contributed by atoms with Gasteiger partial charge in [0, 0.05) is 7.05 Å². The molecule has 1 rings (SSSR count). The van der Waals surface area contributed by atoms with Gasteiger partial charge in [0.25, 0.3) is 13.8 Å². The summed E-state index contributed by atoms with van der Waals surface area (Å²) in [6, 6.07) is 1.23. The Kier molecular flexibility index (Phi) is 4.23. The Labute approximate surface area is 121 Å². The topological polar surface area (TPSA) is 82.2 Å². The molecule has 0 aliphatic heterocycles. The Hall–Kier alpha value is 0.210. The number of halogens is 4. The molecule has 10 heteroatoms. The first kappa shape index (κ1) is 15.3. The molecule has 1 aromatic rings. The van der Waals surface area contributed by atoms with Gasteiger partial charge >= 0.3 is 0 Å². The lowest BCUT2D eigenvalue weighted by Crippen LogP contribution is -2.23. The number of nitrogens with two attached hydrogens (primary N) is 1. The van der Waals surface area contributed by atoms with Crippen molar-refractivity contribution in [3.8, 4) is 0 Å². The van der Waals surface area contributed by atoms with Crippen molar-refractivity contribution in [3.05, 3.63) is 16.2 Å². The molecule has 0 saturated carbocycles. The van der Waals surface area contributed by atoms with E-state index < -0.39 is 19.6 Å². The lowest BCUT2D eigenvalue weighted by Gasteiger charge is -2.10. The zero-order valence-corrected chi connectivity index (χ0v) is 12.9. The Balaban J connectivity index is 3.48. The number of alkyl halides is 3. The molecule has 0 unspecified atom stereocenters. The van der Waals surface area contributed by atoms with Gasteiger partial charge in [0.05, 0.1) is 10.2 Å². The zero-order valence-electron chi connectivity index (χ0n) is 8.25. The lowest BCUT2D eigenvalue weighted by molar-refractivity contribution is 0.0988. The van der Waals surface area contributed by atoms with Crippen LogP contribution in [0.25, 0.3) is 0 Å². The smallest absolute Gasteiger partial charge is 0.255 e. The molecule has 0 aromatic carbocycles. The van der Waals surface area contributed by atoms with Crippen LogP contribution in [0.3, 0.4) is 0 Å². The number of ketones is 1. The van der Waals surface area contributed by atoms with E-state index in [-0.39, 0.29) is 15.2 Å². The number of Topliss-reactive ketones (excluding diaryl/α,β-unsaturated/α-hetero) is 1. The Morgan fingerprint density at radius 2 is 1.94 bits per heavy atom. The van der Waals surface area contributed by atoms with E-state index in [2.05, 4.69) is 15.9 Å². The maximum Gasteiger partial charge on any atom is 0.255 e. The number of rotatable bonds is 2. The predicted octanol–water partition coefficient (Wildman–Crippen LogP) is 1.99. The normalized spacial score (nSPS) is 12.8. The fraction of sp³-hybridized carbons (Fsp3) is 0.286. The predicted molar refractivity (Wildman–Crippen MR) is 69.1 cm³/mol. The van der Waals surface area contributed by atoms with Crippen molar-refractivity contribution in [2.45, 2.75) is 8.82 Å². The Bertz CT molecular complexity index is 576. The number of carbonyl (C=O) groups is 1. The largest absolute Gasteiger partial charge is 0.330 e. The molecule has 17 heavy (non-hydrogen) atoms. The number of hydrogen-bond acceptors (Lipinski definition) is 3. The van der Waals surface area contributed by atoms with Gasteiger partial charge in [-0.05, 0) is 22.0 Å². The summed E-state index contributed by atoms with van der Waals surface area (Å²) >= 11 is 19.3. The van der Waals surface area contributed by atoms with Crippen LogP contribution in [0, 0.1) is 0 Å². The summed E-state index contributed by atoms with van der Waals surface area (Å²) in [7, 11) is -2.66. The van der Waals surface area contributed by atoms with Crippen molar-refractivity contribution in [1.29, 1.82) is 0 Å². The number of hydrogen-bond donors (Lipinski definition) is 1. The van der Waals surface area contributed by atoms with Gasteiger partial charge in [0.15, 0.2) is 5.03 Å². The molecular formula is C7H6BrCl3N2O3S. The number of carbonyl (C=O) groups excluding carboxylic acids is 1. The van der Waals surface area contributed by atoms with Gasteiger partial charge < -0.3 is 4.57 Å². The first-order chi connectivity index (χ1) is 7.46. The molecule has 1 heterocycles. The highest BCUT2D eigenvalue weighted by atomic mass is 79.9. The van der Waals surface area contributed by atoms with Gasteiger partial charge in [-0.15, -0.1) is 0 Å². The summed E-state index contributed by atoms with van der Waals surface area (Å²) in [6.07, 6.45) is 0. The molecule has 0 aliphatic rings. The highest BCUT2D eigenvalue weighted by Gasteiger charge is 2.35. The molecule has 0 aliphatic carbocycles. The minimum atomic E-state index is -3.99. The average molecular weight is 384 g/mol. The van der Waals surface area contributed by atoms with E-state index in [1.807, 2.05) is 0 Å². The molecule has 0 bridgehead atoms. The zero-order chi connectivity index (χ0) is 13.6. The van der Waals surface area contributed by atoms with E-state index in [4.69, 9.17) is 39.9 Å². The van der Waals surface area contributed by atoms with Gasteiger partial charge in [-0.1, -0.05) is 34.8 Å². The summed E-state index contributed by atoms with van der Waals surface area (Å²) in [4.78, 5) is 11.7. The summed E-state index contributed by atoms with van der Waals surface area (Å²) in [6.45, 7) is 0. The molecule has 0 amide bonds. The Morgan fingerprint density at radius 3 is 2.24 bits per heavy atom. The van der Waals surface area contributed by atoms with Gasteiger partial charge in [0.2, 0.25) is 5.78 Å². The first-order valence-electron chi connectivity index (χ1n) is 3.95. The molecule has 0 atom stereocenters. The minimum absolute atomic E-state index is 0.0825. The van der Waals surface area contributed by atoms with Crippen LogP contribution in [0.4, 0.5) is 0 Å². The van der Waals surface area contributed by atoms with Crippen LogP contribution in [0.15, 0.2) is 15.6 Å². The highest BCUT2D eigenvalue weighted by Crippen LogP contribution is 2.33. The van der Waals surface area contributed by atoms with Crippen LogP contribution >= 0.6 is 50.7 Å². The first-order valence-corrected chi connectivity index (χ1v) is 7.43. The molecular weight excluding hydrogens is 378 g/mol. The van der Waals surface area contributed by atoms with Crippen LogP contribution in [-0.4, -0.2) is 22.6 Å². The second-order valence-corrected chi connectivity index (χ2v) is 7.73. The fourth-order valence-corrected chi connectivity index (χ4v) is 3.50. The lowest BCUT2D eigenvalue weighted by atomic mass is 10.3. The summed E-state index contributed by atoms with van der Waals surface area (Å²) in [5.74, 6) is -0.847. The Morgan fingerprint density at radius 1 is 1.47 bits per heavy atom. The number of nitrogens with zero attached hydrogens (tertiary/aromatic N) is 1. The highest BCUT2D eigenvalue weighted by molar-refractivity contribution is 9.10. The standard InChI is InChI=1S/C7H6BrCl3N2O3S/c1-13-4(5(14)7(9,10)11)2-3(8)6(13)17(12,15)16/h2H,1H3,(H2,12,15,16). The van der Waals surface area contributed by atoms with Crippen molar-refractivity contribution in [2.75, 3.05) is 0 Å². The maximum absolute atomic E-state index is 11.7. The van der Waals surface area contributed by atoms with Crippen LogP contribution in [0.1, 0.15) is 10.5 Å². The SMILES string of the molecule is Cn1c(C(=O)C(Cl)(Cl)Cl)cc(Br)c1S(N)(=O)=O. The molecule has 2 N–H and O–H groups in total. The molecule has 96 valence electrons. The third kappa shape index (κ3) is 3.15. The molecule has 0 spiro atoms. The van der Waals surface area contributed by atoms with Crippen LogP contribution < -0.4 is 5.14 Å².